The third kappa shape index (κ3) is 5.15. The van der Waals surface area contributed by atoms with E-state index in [-0.39, 0.29) is 5.91 Å². The Morgan fingerprint density at radius 1 is 1.08 bits per heavy atom. The fraction of sp³-hybridized carbons (Fsp3) is 0.611. The van der Waals surface area contributed by atoms with Crippen molar-refractivity contribution in [2.24, 2.45) is 0 Å². The first-order chi connectivity index (χ1) is 12.1. The Kier molecular flexibility index (Phi) is 6.67. The average molecular weight is 368 g/mol. The molecular formula is C18H26ClN3O3. The number of carbonyl (C=O) groups excluding carboxylic acids is 1. The molecule has 0 radical (unpaired) electrons. The quantitative estimate of drug-likeness (QED) is 0.836. The van der Waals surface area contributed by atoms with Crippen LogP contribution < -0.4 is 0 Å². The number of hydrogen-bond donors (Lipinski definition) is 1. The van der Waals surface area contributed by atoms with E-state index in [0.29, 0.717) is 44.4 Å². The maximum absolute atomic E-state index is 12.3. The Labute approximate surface area is 153 Å². The number of β-amino-alcohol motifs (C(OH)–C–C–N with tert-alkyl or cyclic N) is 1. The summed E-state index contributed by atoms with van der Waals surface area (Å²) in [6, 6.07) is 7.42. The summed E-state index contributed by atoms with van der Waals surface area (Å²) >= 11 is 6.15. The Morgan fingerprint density at radius 3 is 2.40 bits per heavy atom. The van der Waals surface area contributed by atoms with Gasteiger partial charge < -0.3 is 14.7 Å². The number of rotatable bonds is 5. The van der Waals surface area contributed by atoms with Crippen LogP contribution in [-0.2, 0) is 9.53 Å². The minimum Gasteiger partial charge on any atom is -0.387 e. The number of halogens is 1. The molecule has 2 heterocycles. The number of aliphatic hydroxyl groups excluding tert-OH is 1. The Morgan fingerprint density at radius 2 is 1.72 bits per heavy atom. The fourth-order valence-corrected chi connectivity index (χ4v) is 3.58. The maximum Gasteiger partial charge on any atom is 0.236 e. The van der Waals surface area contributed by atoms with E-state index in [1.54, 1.807) is 6.07 Å². The molecule has 6 nitrogen and oxygen atoms in total. The Balaban J connectivity index is 1.42. The molecule has 3 rings (SSSR count). The van der Waals surface area contributed by atoms with Gasteiger partial charge >= 0.3 is 0 Å². The SMILES string of the molecule is O=C(CN1CCN(C[C@H](O)c2ccccc2Cl)CC1)N1CCOCC1. The van der Waals surface area contributed by atoms with Gasteiger partial charge in [-0.2, -0.15) is 0 Å². The molecule has 2 saturated heterocycles. The Bertz CT molecular complexity index is 572. The lowest BCUT2D eigenvalue weighted by atomic mass is 10.1. The van der Waals surface area contributed by atoms with E-state index in [2.05, 4.69) is 9.80 Å². The number of amides is 1. The van der Waals surface area contributed by atoms with Crippen molar-refractivity contribution >= 4 is 17.5 Å². The normalized spacial score (nSPS) is 21.3. The second-order valence-corrected chi connectivity index (χ2v) is 7.01. The first-order valence-electron chi connectivity index (χ1n) is 8.86. The zero-order valence-electron chi connectivity index (χ0n) is 14.4. The second-order valence-electron chi connectivity index (χ2n) is 6.61. The van der Waals surface area contributed by atoms with Crippen molar-refractivity contribution in [2.45, 2.75) is 6.10 Å². The van der Waals surface area contributed by atoms with Crippen LogP contribution in [0.1, 0.15) is 11.7 Å². The molecule has 0 unspecified atom stereocenters. The number of carbonyl (C=O) groups is 1. The summed E-state index contributed by atoms with van der Waals surface area (Å²) < 4.78 is 5.29. The molecule has 1 aromatic carbocycles. The number of nitrogens with zero attached hydrogens (tertiary/aromatic N) is 3. The van der Waals surface area contributed by atoms with Crippen LogP contribution in [0.4, 0.5) is 0 Å². The minimum absolute atomic E-state index is 0.188. The number of benzene rings is 1. The summed E-state index contributed by atoms with van der Waals surface area (Å²) in [6.45, 7) is 7.08. The standard InChI is InChI=1S/C18H26ClN3O3/c19-16-4-2-1-3-15(16)17(23)13-20-5-7-21(8-6-20)14-18(24)22-9-11-25-12-10-22/h1-4,17,23H,5-14H2/t17-/m0/s1. The van der Waals surface area contributed by atoms with Gasteiger partial charge in [0.15, 0.2) is 0 Å². The van der Waals surface area contributed by atoms with Crippen LogP contribution in [0.3, 0.4) is 0 Å². The van der Waals surface area contributed by atoms with Crippen molar-refractivity contribution in [3.63, 3.8) is 0 Å². The monoisotopic (exact) mass is 367 g/mol. The highest BCUT2D eigenvalue weighted by atomic mass is 35.5. The number of aliphatic hydroxyl groups is 1. The molecule has 2 fully saturated rings. The minimum atomic E-state index is -0.588. The van der Waals surface area contributed by atoms with Crippen LogP contribution in [-0.4, -0.2) is 91.3 Å². The third-order valence-corrected chi connectivity index (χ3v) is 5.23. The van der Waals surface area contributed by atoms with Crippen molar-refractivity contribution in [1.29, 1.82) is 0 Å². The van der Waals surface area contributed by atoms with Crippen LogP contribution in [0.5, 0.6) is 0 Å². The number of morpholine rings is 1. The van der Waals surface area contributed by atoms with Crippen molar-refractivity contribution in [1.82, 2.24) is 14.7 Å². The molecule has 25 heavy (non-hydrogen) atoms. The van der Waals surface area contributed by atoms with Gasteiger partial charge in [-0.25, -0.2) is 0 Å². The van der Waals surface area contributed by atoms with Crippen LogP contribution in [0.15, 0.2) is 24.3 Å². The molecular weight excluding hydrogens is 342 g/mol. The van der Waals surface area contributed by atoms with Gasteiger partial charge in [-0.15, -0.1) is 0 Å². The van der Waals surface area contributed by atoms with Gasteiger partial charge in [-0.05, 0) is 6.07 Å². The van der Waals surface area contributed by atoms with E-state index in [4.69, 9.17) is 16.3 Å². The van der Waals surface area contributed by atoms with Gasteiger partial charge in [0, 0.05) is 56.4 Å². The van der Waals surface area contributed by atoms with Crippen molar-refractivity contribution < 1.29 is 14.6 Å². The molecule has 1 amide bonds. The predicted molar refractivity (Wildman–Crippen MR) is 96.7 cm³/mol. The van der Waals surface area contributed by atoms with Gasteiger partial charge in [0.05, 0.1) is 25.9 Å². The molecule has 1 atom stereocenters. The number of ether oxygens (including phenoxy) is 1. The highest BCUT2D eigenvalue weighted by Gasteiger charge is 2.24. The van der Waals surface area contributed by atoms with Crippen molar-refractivity contribution in [2.75, 3.05) is 65.6 Å². The number of hydrogen-bond acceptors (Lipinski definition) is 5. The molecule has 1 aromatic rings. The lowest BCUT2D eigenvalue weighted by Gasteiger charge is -2.36. The molecule has 0 bridgehead atoms. The predicted octanol–water partition coefficient (Wildman–Crippen LogP) is 0.850. The highest BCUT2D eigenvalue weighted by molar-refractivity contribution is 6.31. The molecule has 0 saturated carbocycles. The summed E-state index contributed by atoms with van der Waals surface area (Å²) in [5.41, 5.74) is 0.772. The van der Waals surface area contributed by atoms with Crippen LogP contribution in [0.25, 0.3) is 0 Å². The molecule has 7 heteroatoms. The molecule has 0 aliphatic carbocycles. The van der Waals surface area contributed by atoms with Gasteiger partial charge in [-0.1, -0.05) is 29.8 Å². The van der Waals surface area contributed by atoms with E-state index in [0.717, 1.165) is 31.7 Å². The molecule has 0 spiro atoms. The van der Waals surface area contributed by atoms with Crippen LogP contribution >= 0.6 is 11.6 Å². The molecule has 2 aliphatic rings. The average Bonchev–Trinajstić information content (AvgIpc) is 2.64. The van der Waals surface area contributed by atoms with Crippen molar-refractivity contribution in [3.8, 4) is 0 Å². The van der Waals surface area contributed by atoms with Gasteiger partial charge in [-0.3, -0.25) is 14.6 Å². The summed E-state index contributed by atoms with van der Waals surface area (Å²) in [4.78, 5) is 18.6. The molecule has 2 aliphatic heterocycles. The van der Waals surface area contributed by atoms with E-state index < -0.39 is 6.10 Å². The topological polar surface area (TPSA) is 56.2 Å². The summed E-state index contributed by atoms with van der Waals surface area (Å²) in [5.74, 6) is 0.188. The lowest BCUT2D eigenvalue weighted by molar-refractivity contribution is -0.136. The maximum atomic E-state index is 12.3. The smallest absolute Gasteiger partial charge is 0.236 e. The molecule has 138 valence electrons. The Hall–Kier alpha value is -1.18. The van der Waals surface area contributed by atoms with Gasteiger partial charge in [0.25, 0.3) is 0 Å². The first-order valence-corrected chi connectivity index (χ1v) is 9.24. The molecule has 1 N–H and O–H groups in total. The van der Waals surface area contributed by atoms with Crippen molar-refractivity contribution in [3.05, 3.63) is 34.9 Å². The van der Waals surface area contributed by atoms with Crippen LogP contribution in [0, 0.1) is 0 Å². The van der Waals surface area contributed by atoms with E-state index >= 15 is 0 Å². The van der Waals surface area contributed by atoms with Crippen LogP contribution in [0.2, 0.25) is 5.02 Å². The van der Waals surface area contributed by atoms with E-state index in [9.17, 15) is 9.90 Å². The largest absolute Gasteiger partial charge is 0.387 e. The van der Waals surface area contributed by atoms with Gasteiger partial charge in [0.1, 0.15) is 0 Å². The van der Waals surface area contributed by atoms with E-state index in [1.165, 1.54) is 0 Å². The zero-order valence-corrected chi connectivity index (χ0v) is 15.2. The highest BCUT2D eigenvalue weighted by Crippen LogP contribution is 2.23. The fourth-order valence-electron chi connectivity index (χ4n) is 3.32. The van der Waals surface area contributed by atoms with E-state index in [1.807, 2.05) is 23.1 Å². The lowest BCUT2D eigenvalue weighted by Crippen LogP contribution is -2.52. The van der Waals surface area contributed by atoms with Gasteiger partial charge in [0.2, 0.25) is 5.91 Å². The summed E-state index contributed by atoms with van der Waals surface area (Å²) in [5, 5.41) is 11.0. The zero-order chi connectivity index (χ0) is 17.6. The molecule has 0 aromatic heterocycles. The summed E-state index contributed by atoms with van der Waals surface area (Å²) in [6.07, 6.45) is -0.588. The number of piperazine rings is 1. The first kappa shape index (κ1) is 18.6. The third-order valence-electron chi connectivity index (χ3n) is 4.88. The summed E-state index contributed by atoms with van der Waals surface area (Å²) in [7, 11) is 0. The second kappa shape index (κ2) is 8.96.